The van der Waals surface area contributed by atoms with Gasteiger partial charge < -0.3 is 9.80 Å². The first-order valence-electron chi connectivity index (χ1n) is 8.64. The first-order chi connectivity index (χ1) is 12.6. The molecule has 3 rings (SSSR count). The number of benzene rings is 3. The van der Waals surface area contributed by atoms with Crippen LogP contribution in [0.1, 0.15) is 11.1 Å². The molecule has 3 aromatic carbocycles. The molecule has 0 aromatic heterocycles. The van der Waals surface area contributed by atoms with Gasteiger partial charge in [0.15, 0.2) is 0 Å². The molecule has 0 N–H and O–H groups in total. The van der Waals surface area contributed by atoms with Crippen LogP contribution in [0.5, 0.6) is 0 Å². The molecule has 0 amide bonds. The summed E-state index contributed by atoms with van der Waals surface area (Å²) in [5, 5.41) is 0. The van der Waals surface area contributed by atoms with E-state index in [1.165, 1.54) is 0 Å². The molecule has 2 nitrogen and oxygen atoms in total. The molecule has 0 aliphatic carbocycles. The van der Waals surface area contributed by atoms with Crippen molar-refractivity contribution in [1.82, 2.24) is 0 Å². The standard InChI is InChI=1S/C24H24N2/c1-19(25(3)21-13-7-5-8-14-21)23-17-11-12-18-24(23)20(2)26(4)22-15-9-6-10-16-22/h5-18H,1-2H2,3-4H3. The average Bonchev–Trinajstić information content (AvgIpc) is 2.73. The average molecular weight is 340 g/mol. The third-order valence-corrected chi connectivity index (χ3v) is 4.65. The Morgan fingerprint density at radius 2 is 0.846 bits per heavy atom. The van der Waals surface area contributed by atoms with Crippen molar-refractivity contribution in [3.05, 3.63) is 109 Å². The van der Waals surface area contributed by atoms with Gasteiger partial charge in [0, 0.05) is 48.0 Å². The Kier molecular flexibility index (Phi) is 5.23. The number of anilines is 2. The molecule has 0 fully saturated rings. The van der Waals surface area contributed by atoms with Gasteiger partial charge in [-0.15, -0.1) is 0 Å². The van der Waals surface area contributed by atoms with Gasteiger partial charge in [-0.05, 0) is 24.3 Å². The lowest BCUT2D eigenvalue weighted by atomic mass is 10.0. The molecular weight excluding hydrogens is 316 g/mol. The highest BCUT2D eigenvalue weighted by atomic mass is 15.1. The Morgan fingerprint density at radius 1 is 0.538 bits per heavy atom. The molecule has 0 saturated carbocycles. The van der Waals surface area contributed by atoms with E-state index in [4.69, 9.17) is 0 Å². The second kappa shape index (κ2) is 7.75. The maximum absolute atomic E-state index is 4.34. The lowest BCUT2D eigenvalue weighted by Gasteiger charge is -2.27. The fraction of sp³-hybridized carbons (Fsp3) is 0.0833. The molecule has 0 radical (unpaired) electrons. The minimum absolute atomic E-state index is 0.939. The van der Waals surface area contributed by atoms with Crippen LogP contribution in [0.4, 0.5) is 11.4 Å². The van der Waals surface area contributed by atoms with Crippen molar-refractivity contribution in [2.45, 2.75) is 0 Å². The van der Waals surface area contributed by atoms with Crippen molar-refractivity contribution in [3.63, 3.8) is 0 Å². The molecular formula is C24H24N2. The monoisotopic (exact) mass is 340 g/mol. The smallest absolute Gasteiger partial charge is 0.0415 e. The van der Waals surface area contributed by atoms with E-state index in [9.17, 15) is 0 Å². The molecule has 0 atom stereocenters. The largest absolute Gasteiger partial charge is 0.345 e. The van der Waals surface area contributed by atoms with E-state index < -0.39 is 0 Å². The van der Waals surface area contributed by atoms with Crippen LogP contribution in [-0.4, -0.2) is 14.1 Å². The first kappa shape index (κ1) is 17.6. The lowest BCUT2D eigenvalue weighted by Crippen LogP contribution is -2.19. The molecule has 26 heavy (non-hydrogen) atoms. The van der Waals surface area contributed by atoms with Crippen LogP contribution in [-0.2, 0) is 0 Å². The van der Waals surface area contributed by atoms with Crippen LogP contribution in [0.15, 0.2) is 98.1 Å². The molecule has 130 valence electrons. The number of nitrogens with zero attached hydrogens (tertiary/aromatic N) is 2. The minimum atomic E-state index is 0.939. The number of rotatable bonds is 6. The van der Waals surface area contributed by atoms with E-state index in [0.29, 0.717) is 0 Å². The van der Waals surface area contributed by atoms with Gasteiger partial charge in [-0.2, -0.15) is 0 Å². The van der Waals surface area contributed by atoms with E-state index in [-0.39, 0.29) is 0 Å². The number of hydrogen-bond acceptors (Lipinski definition) is 2. The third-order valence-electron chi connectivity index (χ3n) is 4.65. The Morgan fingerprint density at radius 3 is 1.19 bits per heavy atom. The zero-order valence-corrected chi connectivity index (χ0v) is 15.4. The van der Waals surface area contributed by atoms with Gasteiger partial charge >= 0.3 is 0 Å². The summed E-state index contributed by atoms with van der Waals surface area (Å²) in [6, 6.07) is 28.8. The fourth-order valence-corrected chi connectivity index (χ4v) is 2.96. The fourth-order valence-electron chi connectivity index (χ4n) is 2.96. The van der Waals surface area contributed by atoms with E-state index in [2.05, 4.69) is 59.4 Å². The Hall–Kier alpha value is -3.26. The summed E-state index contributed by atoms with van der Waals surface area (Å²) in [6.45, 7) is 8.69. The number of para-hydroxylation sites is 2. The van der Waals surface area contributed by atoms with Crippen LogP contribution in [0.25, 0.3) is 11.4 Å². The summed E-state index contributed by atoms with van der Waals surface area (Å²) in [5.74, 6) is 0. The molecule has 0 bridgehead atoms. The SMILES string of the molecule is C=C(c1ccccc1C(=C)N(C)c1ccccc1)N(C)c1ccccc1. The maximum atomic E-state index is 4.34. The third kappa shape index (κ3) is 3.55. The van der Waals surface area contributed by atoms with Gasteiger partial charge in [-0.1, -0.05) is 73.8 Å². The molecule has 0 saturated heterocycles. The summed E-state index contributed by atoms with van der Waals surface area (Å²) >= 11 is 0. The van der Waals surface area contributed by atoms with Crippen molar-refractivity contribution in [3.8, 4) is 0 Å². The second-order valence-electron chi connectivity index (χ2n) is 6.23. The van der Waals surface area contributed by atoms with Crippen LogP contribution in [0, 0.1) is 0 Å². The molecule has 2 heteroatoms. The molecule has 0 unspecified atom stereocenters. The quantitative estimate of drug-likeness (QED) is 0.551. The Labute approximate surface area is 156 Å². The molecule has 0 heterocycles. The van der Waals surface area contributed by atoms with E-state index in [0.717, 1.165) is 33.9 Å². The van der Waals surface area contributed by atoms with Crippen LogP contribution in [0.2, 0.25) is 0 Å². The zero-order valence-electron chi connectivity index (χ0n) is 15.4. The molecule has 0 spiro atoms. The summed E-state index contributed by atoms with van der Waals surface area (Å²) < 4.78 is 0. The number of hydrogen-bond donors (Lipinski definition) is 0. The van der Waals surface area contributed by atoms with Crippen molar-refractivity contribution >= 4 is 22.8 Å². The van der Waals surface area contributed by atoms with Gasteiger partial charge in [-0.25, -0.2) is 0 Å². The van der Waals surface area contributed by atoms with Gasteiger partial charge in [0.05, 0.1) is 0 Å². The second-order valence-corrected chi connectivity index (χ2v) is 6.23. The summed E-state index contributed by atoms with van der Waals surface area (Å²) in [4.78, 5) is 4.21. The minimum Gasteiger partial charge on any atom is -0.345 e. The predicted molar refractivity (Wildman–Crippen MR) is 114 cm³/mol. The van der Waals surface area contributed by atoms with Gasteiger partial charge in [-0.3, -0.25) is 0 Å². The van der Waals surface area contributed by atoms with Crippen molar-refractivity contribution in [2.24, 2.45) is 0 Å². The van der Waals surface area contributed by atoms with Crippen LogP contribution in [0.3, 0.4) is 0 Å². The summed E-state index contributed by atoms with van der Waals surface area (Å²) in [6.07, 6.45) is 0. The van der Waals surface area contributed by atoms with Crippen molar-refractivity contribution in [1.29, 1.82) is 0 Å². The van der Waals surface area contributed by atoms with Gasteiger partial charge in [0.1, 0.15) is 0 Å². The maximum Gasteiger partial charge on any atom is 0.0415 e. The van der Waals surface area contributed by atoms with Gasteiger partial charge in [0.2, 0.25) is 0 Å². The Bertz CT molecular complexity index is 821. The molecule has 0 aliphatic heterocycles. The van der Waals surface area contributed by atoms with Crippen LogP contribution >= 0.6 is 0 Å². The highest BCUT2D eigenvalue weighted by molar-refractivity contribution is 5.88. The van der Waals surface area contributed by atoms with E-state index in [1.54, 1.807) is 0 Å². The highest BCUT2D eigenvalue weighted by Crippen LogP contribution is 2.31. The van der Waals surface area contributed by atoms with Gasteiger partial charge in [0.25, 0.3) is 0 Å². The van der Waals surface area contributed by atoms with E-state index >= 15 is 0 Å². The lowest BCUT2D eigenvalue weighted by molar-refractivity contribution is 1.20. The highest BCUT2D eigenvalue weighted by Gasteiger charge is 2.15. The summed E-state index contributed by atoms with van der Waals surface area (Å²) in [5.41, 5.74) is 6.24. The Balaban J connectivity index is 1.93. The predicted octanol–water partition coefficient (Wildman–Crippen LogP) is 5.90. The summed E-state index contributed by atoms with van der Waals surface area (Å²) in [7, 11) is 4.08. The van der Waals surface area contributed by atoms with E-state index in [1.807, 2.05) is 62.6 Å². The van der Waals surface area contributed by atoms with Crippen molar-refractivity contribution in [2.75, 3.05) is 23.9 Å². The topological polar surface area (TPSA) is 6.48 Å². The first-order valence-corrected chi connectivity index (χ1v) is 8.64. The van der Waals surface area contributed by atoms with Crippen LogP contribution < -0.4 is 9.80 Å². The molecule has 3 aromatic rings. The van der Waals surface area contributed by atoms with Crippen molar-refractivity contribution < 1.29 is 0 Å². The zero-order chi connectivity index (χ0) is 18.5. The molecule has 0 aliphatic rings. The normalized spacial score (nSPS) is 10.2.